The summed E-state index contributed by atoms with van der Waals surface area (Å²) in [6.45, 7) is 0. The second-order valence-corrected chi connectivity index (χ2v) is 18.0. The van der Waals surface area contributed by atoms with Gasteiger partial charge in [-0.05, 0) is 118 Å². The fourth-order valence-electron chi connectivity index (χ4n) is 10.9. The zero-order chi connectivity index (χ0) is 45.4. The van der Waals surface area contributed by atoms with Gasteiger partial charge in [0.25, 0.3) is 0 Å². The molecule has 69 heavy (non-hydrogen) atoms. The molecule has 10 aromatic carbocycles. The smallest absolute Gasteiger partial charge is 0.210 e. The van der Waals surface area contributed by atoms with Crippen LogP contribution in [0.2, 0.25) is 0 Å². The van der Waals surface area contributed by atoms with E-state index in [4.69, 9.17) is 0 Å². The maximum absolute atomic E-state index is 2.46. The third-order valence-electron chi connectivity index (χ3n) is 14.1. The molecule has 0 radical (unpaired) electrons. The number of hydrogen-bond donors (Lipinski definition) is 0. The standard InChI is InChI=1S/C65H43N4/c1-5-15-44(16-6-1)46-25-30-61-55(39-46)57-41-48(27-32-62(57)68(61)52-35-37-66(38-36-52)50-19-9-3-10-20-50)49-28-33-64-58(42-49)56-40-47(45-17-7-2-8-18-45)26-31-63(56)69(64)53-29-34-65-59(43-53)54-23-13-14-24-60(54)67(65)51-21-11-4-12-22-51/h1-43H/q+1. The van der Waals surface area contributed by atoms with E-state index in [1.165, 1.54) is 98.8 Å². The van der Waals surface area contributed by atoms with Crippen LogP contribution >= 0.6 is 0 Å². The Morgan fingerprint density at radius 2 is 0.565 bits per heavy atom. The van der Waals surface area contributed by atoms with Crippen molar-refractivity contribution in [2.24, 2.45) is 0 Å². The molecule has 322 valence electrons. The van der Waals surface area contributed by atoms with Gasteiger partial charge in [0.15, 0.2) is 12.4 Å². The van der Waals surface area contributed by atoms with Crippen molar-refractivity contribution in [3.63, 3.8) is 0 Å². The molecular formula is C65H43N4+. The molecule has 0 aliphatic heterocycles. The first-order valence-corrected chi connectivity index (χ1v) is 23.7. The predicted molar refractivity (Wildman–Crippen MR) is 287 cm³/mol. The molecule has 0 N–H and O–H groups in total. The summed E-state index contributed by atoms with van der Waals surface area (Å²) in [5.74, 6) is 0. The first kappa shape index (κ1) is 39.0. The van der Waals surface area contributed by atoms with Gasteiger partial charge in [-0.3, -0.25) is 0 Å². The molecule has 0 bridgehead atoms. The molecule has 14 rings (SSSR count). The molecule has 14 aromatic rings. The molecule has 0 saturated carbocycles. The van der Waals surface area contributed by atoms with Crippen molar-refractivity contribution in [2.75, 3.05) is 0 Å². The van der Waals surface area contributed by atoms with Gasteiger partial charge in [-0.15, -0.1) is 0 Å². The molecule has 0 aliphatic rings. The highest BCUT2D eigenvalue weighted by Crippen LogP contribution is 2.42. The van der Waals surface area contributed by atoms with Crippen LogP contribution in [0.4, 0.5) is 0 Å². The monoisotopic (exact) mass is 879 g/mol. The van der Waals surface area contributed by atoms with E-state index in [0.29, 0.717) is 0 Å². The summed E-state index contributed by atoms with van der Waals surface area (Å²) in [5.41, 5.74) is 18.8. The lowest BCUT2D eigenvalue weighted by Crippen LogP contribution is -2.29. The van der Waals surface area contributed by atoms with Crippen LogP contribution in [0.5, 0.6) is 0 Å². The lowest BCUT2D eigenvalue weighted by atomic mass is 9.98. The van der Waals surface area contributed by atoms with Gasteiger partial charge in [0.1, 0.15) is 0 Å². The number of aromatic nitrogens is 4. The number of benzene rings is 10. The molecule has 0 spiro atoms. The van der Waals surface area contributed by atoms with Crippen LogP contribution in [0.1, 0.15) is 0 Å². The summed E-state index contributed by atoms with van der Waals surface area (Å²) < 4.78 is 9.42. The summed E-state index contributed by atoms with van der Waals surface area (Å²) in [6, 6.07) is 90.8. The van der Waals surface area contributed by atoms with Gasteiger partial charge in [0, 0.05) is 68.0 Å². The van der Waals surface area contributed by atoms with Crippen molar-refractivity contribution in [1.82, 2.24) is 13.7 Å². The van der Waals surface area contributed by atoms with Crippen LogP contribution in [0, 0.1) is 0 Å². The van der Waals surface area contributed by atoms with Crippen LogP contribution < -0.4 is 4.57 Å². The molecule has 4 heterocycles. The summed E-state index contributed by atoms with van der Waals surface area (Å²) >= 11 is 0. The minimum Gasteiger partial charge on any atom is -0.309 e. The largest absolute Gasteiger partial charge is 0.309 e. The van der Waals surface area contributed by atoms with E-state index in [1.807, 2.05) is 0 Å². The summed E-state index contributed by atoms with van der Waals surface area (Å²) in [4.78, 5) is 0. The van der Waals surface area contributed by atoms with E-state index in [9.17, 15) is 0 Å². The zero-order valence-electron chi connectivity index (χ0n) is 37.6. The van der Waals surface area contributed by atoms with Crippen LogP contribution in [0.25, 0.3) is 122 Å². The number of pyridine rings is 1. The van der Waals surface area contributed by atoms with E-state index in [2.05, 4.69) is 279 Å². The molecule has 4 aromatic heterocycles. The Balaban J connectivity index is 0.961. The van der Waals surface area contributed by atoms with Gasteiger partial charge in [0.2, 0.25) is 5.69 Å². The van der Waals surface area contributed by atoms with Crippen molar-refractivity contribution in [3.8, 4) is 56.1 Å². The van der Waals surface area contributed by atoms with Gasteiger partial charge in [-0.25, -0.2) is 0 Å². The molecule has 4 nitrogen and oxygen atoms in total. The Hall–Kier alpha value is -9.25. The lowest BCUT2D eigenvalue weighted by Gasteiger charge is -2.11. The number of rotatable bonds is 7. The second-order valence-electron chi connectivity index (χ2n) is 18.0. The van der Waals surface area contributed by atoms with E-state index >= 15 is 0 Å². The van der Waals surface area contributed by atoms with E-state index in [-0.39, 0.29) is 0 Å². The van der Waals surface area contributed by atoms with Crippen LogP contribution in [0.3, 0.4) is 0 Å². The fourth-order valence-corrected chi connectivity index (χ4v) is 10.9. The number of hydrogen-bond acceptors (Lipinski definition) is 0. The molecule has 0 unspecified atom stereocenters. The third kappa shape index (κ3) is 6.34. The highest BCUT2D eigenvalue weighted by molar-refractivity contribution is 6.15. The Morgan fingerprint density at radius 3 is 1.06 bits per heavy atom. The number of nitrogens with zero attached hydrogens (tertiary/aromatic N) is 4. The second kappa shape index (κ2) is 15.7. The summed E-state index contributed by atoms with van der Waals surface area (Å²) in [7, 11) is 0. The minimum absolute atomic E-state index is 1.12. The van der Waals surface area contributed by atoms with Gasteiger partial charge in [0.05, 0.1) is 38.8 Å². The van der Waals surface area contributed by atoms with Gasteiger partial charge in [-0.2, -0.15) is 4.57 Å². The summed E-state index contributed by atoms with van der Waals surface area (Å²) in [6.07, 6.45) is 4.32. The maximum atomic E-state index is 2.46. The van der Waals surface area contributed by atoms with Gasteiger partial charge < -0.3 is 13.7 Å². The van der Waals surface area contributed by atoms with Crippen molar-refractivity contribution in [1.29, 1.82) is 0 Å². The molecule has 0 atom stereocenters. The third-order valence-corrected chi connectivity index (χ3v) is 14.1. The number of fused-ring (bicyclic) bond motifs is 9. The predicted octanol–water partition coefficient (Wildman–Crippen LogP) is 16.3. The average molecular weight is 880 g/mol. The topological polar surface area (TPSA) is 18.7 Å². The van der Waals surface area contributed by atoms with Gasteiger partial charge >= 0.3 is 0 Å². The number of para-hydroxylation sites is 3. The SMILES string of the molecule is c1ccc(-c2ccc3c(c2)c2cc(-c4ccc5c(c4)c4cc(-c6ccccc6)ccc4n5-c4ccc5c(c4)c4ccccc4n5-c4ccccc4)ccc2n3-c2cc[n+](-c3ccccc3)cc2)cc1. The van der Waals surface area contributed by atoms with Crippen LogP contribution in [-0.2, 0) is 0 Å². The lowest BCUT2D eigenvalue weighted by molar-refractivity contribution is -0.595. The van der Waals surface area contributed by atoms with Crippen LogP contribution in [0.15, 0.2) is 261 Å². The van der Waals surface area contributed by atoms with Crippen LogP contribution in [-0.4, -0.2) is 13.7 Å². The average Bonchev–Trinajstić information content (AvgIpc) is 4.06. The Bertz CT molecular complexity index is 4260. The van der Waals surface area contributed by atoms with Crippen molar-refractivity contribution < 1.29 is 4.57 Å². The highest BCUT2D eigenvalue weighted by atomic mass is 15.0. The minimum atomic E-state index is 1.12. The zero-order valence-corrected chi connectivity index (χ0v) is 37.6. The van der Waals surface area contributed by atoms with Crippen molar-refractivity contribution >= 4 is 65.4 Å². The van der Waals surface area contributed by atoms with Crippen molar-refractivity contribution in [3.05, 3.63) is 261 Å². The molecule has 0 saturated heterocycles. The Kier molecular flexibility index (Phi) is 8.86. The van der Waals surface area contributed by atoms with E-state index in [0.717, 1.165) is 22.7 Å². The molecule has 4 heteroatoms. The summed E-state index contributed by atoms with van der Waals surface area (Å²) in [5, 5.41) is 7.36. The molecule has 0 fully saturated rings. The quantitative estimate of drug-likeness (QED) is 0.142. The van der Waals surface area contributed by atoms with E-state index in [1.54, 1.807) is 0 Å². The Labute approximate surface area is 399 Å². The van der Waals surface area contributed by atoms with E-state index < -0.39 is 0 Å². The first-order chi connectivity index (χ1) is 34.2. The molecule has 0 aliphatic carbocycles. The Morgan fingerprint density at radius 1 is 0.217 bits per heavy atom. The highest BCUT2D eigenvalue weighted by Gasteiger charge is 2.20. The maximum Gasteiger partial charge on any atom is 0.210 e. The molecular weight excluding hydrogens is 837 g/mol. The fraction of sp³-hybridized carbons (Fsp3) is 0. The van der Waals surface area contributed by atoms with Crippen molar-refractivity contribution in [2.45, 2.75) is 0 Å². The normalized spacial score (nSPS) is 11.8. The molecule has 0 amide bonds. The van der Waals surface area contributed by atoms with Gasteiger partial charge in [-0.1, -0.05) is 140 Å². The first-order valence-electron chi connectivity index (χ1n) is 23.7.